The van der Waals surface area contributed by atoms with Gasteiger partial charge in [0.1, 0.15) is 11.8 Å². The van der Waals surface area contributed by atoms with Gasteiger partial charge in [0.15, 0.2) is 0 Å². The van der Waals surface area contributed by atoms with Gasteiger partial charge in [0.25, 0.3) is 0 Å². The van der Waals surface area contributed by atoms with E-state index in [9.17, 15) is 0 Å². The molecule has 0 saturated carbocycles. The summed E-state index contributed by atoms with van der Waals surface area (Å²) in [6, 6.07) is 5.83. The van der Waals surface area contributed by atoms with Gasteiger partial charge in [-0.2, -0.15) is 5.26 Å². The Morgan fingerprint density at radius 3 is 2.83 bits per heavy atom. The number of nitrogens with two attached hydrogens (primary N) is 1. The molecule has 1 rings (SSSR count). The summed E-state index contributed by atoms with van der Waals surface area (Å²) in [6.45, 7) is 0. The normalized spacial score (nSPS) is 12.1. The van der Waals surface area contributed by atoms with Crippen molar-refractivity contribution in [3.05, 3.63) is 28.2 Å². The van der Waals surface area contributed by atoms with Crippen molar-refractivity contribution in [2.45, 2.75) is 6.04 Å². The second-order valence-electron chi connectivity index (χ2n) is 2.31. The van der Waals surface area contributed by atoms with Crippen LogP contribution in [-0.2, 0) is 0 Å². The SMILES string of the molecule is N#C[C@H](N)c1cc(O)ccc1Br. The van der Waals surface area contributed by atoms with Crippen LogP contribution in [0.25, 0.3) is 0 Å². The maximum Gasteiger partial charge on any atom is 0.120 e. The van der Waals surface area contributed by atoms with E-state index in [1.807, 2.05) is 6.07 Å². The van der Waals surface area contributed by atoms with Crippen LogP contribution in [-0.4, -0.2) is 5.11 Å². The first-order valence-electron chi connectivity index (χ1n) is 3.28. The van der Waals surface area contributed by atoms with E-state index in [4.69, 9.17) is 16.1 Å². The second kappa shape index (κ2) is 3.57. The molecule has 3 N–H and O–H groups in total. The summed E-state index contributed by atoms with van der Waals surface area (Å²) in [5, 5.41) is 17.6. The van der Waals surface area contributed by atoms with E-state index < -0.39 is 6.04 Å². The predicted octanol–water partition coefficient (Wildman–Crippen LogP) is 1.68. The minimum absolute atomic E-state index is 0.110. The van der Waals surface area contributed by atoms with Crippen molar-refractivity contribution >= 4 is 15.9 Å². The maximum absolute atomic E-state index is 9.10. The van der Waals surface area contributed by atoms with Gasteiger partial charge in [0.05, 0.1) is 6.07 Å². The van der Waals surface area contributed by atoms with Gasteiger partial charge in [0.2, 0.25) is 0 Å². The second-order valence-corrected chi connectivity index (χ2v) is 3.17. The highest BCUT2D eigenvalue weighted by Gasteiger charge is 2.08. The fourth-order valence-electron chi connectivity index (χ4n) is 0.839. The molecule has 0 aliphatic carbocycles. The summed E-state index contributed by atoms with van der Waals surface area (Å²) in [7, 11) is 0. The number of phenolic OH excluding ortho intramolecular Hbond substituents is 1. The van der Waals surface area contributed by atoms with Gasteiger partial charge in [-0.25, -0.2) is 0 Å². The first-order chi connectivity index (χ1) is 5.65. The molecule has 0 fully saturated rings. The Hall–Kier alpha value is -1.05. The summed E-state index contributed by atoms with van der Waals surface area (Å²) in [6.07, 6.45) is 0. The lowest BCUT2D eigenvalue weighted by atomic mass is 10.1. The molecule has 0 amide bonds. The molecule has 0 unspecified atom stereocenters. The molecule has 4 heteroatoms. The topological polar surface area (TPSA) is 70.0 Å². The number of rotatable bonds is 1. The largest absolute Gasteiger partial charge is 0.508 e. The molecule has 1 atom stereocenters. The summed E-state index contributed by atoms with van der Waals surface area (Å²) in [4.78, 5) is 0. The molecular weight excluding hydrogens is 220 g/mol. The van der Waals surface area contributed by atoms with Crippen molar-refractivity contribution in [3.8, 4) is 11.8 Å². The molecule has 0 heterocycles. The zero-order valence-corrected chi connectivity index (χ0v) is 7.75. The van der Waals surface area contributed by atoms with Crippen LogP contribution in [0.3, 0.4) is 0 Å². The summed E-state index contributed by atoms with van der Waals surface area (Å²) in [5.74, 6) is 0.110. The molecule has 62 valence electrons. The van der Waals surface area contributed by atoms with E-state index in [0.717, 1.165) is 4.47 Å². The molecule has 0 radical (unpaired) electrons. The van der Waals surface area contributed by atoms with Crippen LogP contribution in [0.4, 0.5) is 0 Å². The molecule has 0 aliphatic rings. The zero-order valence-electron chi connectivity index (χ0n) is 6.16. The first-order valence-corrected chi connectivity index (χ1v) is 4.08. The molecular formula is C8H7BrN2O. The van der Waals surface area contributed by atoms with Gasteiger partial charge in [-0.15, -0.1) is 0 Å². The molecule has 12 heavy (non-hydrogen) atoms. The van der Waals surface area contributed by atoms with Crippen molar-refractivity contribution in [2.75, 3.05) is 0 Å². The molecule has 0 saturated heterocycles. The summed E-state index contributed by atoms with van der Waals surface area (Å²) < 4.78 is 0.731. The van der Waals surface area contributed by atoms with E-state index in [2.05, 4.69) is 15.9 Å². The van der Waals surface area contributed by atoms with Crippen LogP contribution in [0.1, 0.15) is 11.6 Å². The Morgan fingerprint density at radius 1 is 1.58 bits per heavy atom. The molecule has 0 aromatic heterocycles. The molecule has 0 bridgehead atoms. The number of halogens is 1. The number of hydrogen-bond acceptors (Lipinski definition) is 3. The Bertz CT molecular complexity index is 332. The number of phenols is 1. The lowest BCUT2D eigenvalue weighted by molar-refractivity contribution is 0.474. The van der Waals surface area contributed by atoms with Crippen molar-refractivity contribution in [3.63, 3.8) is 0 Å². The highest BCUT2D eigenvalue weighted by Crippen LogP contribution is 2.25. The Labute approximate surface area is 78.6 Å². The first kappa shape index (κ1) is 9.04. The van der Waals surface area contributed by atoms with Crippen LogP contribution < -0.4 is 5.73 Å². The van der Waals surface area contributed by atoms with Crippen LogP contribution in [0, 0.1) is 11.3 Å². The Kier molecular flexibility index (Phi) is 2.69. The number of hydrogen-bond donors (Lipinski definition) is 2. The van der Waals surface area contributed by atoms with Crippen LogP contribution in [0.5, 0.6) is 5.75 Å². The van der Waals surface area contributed by atoms with Crippen LogP contribution in [0.15, 0.2) is 22.7 Å². The monoisotopic (exact) mass is 226 g/mol. The molecule has 1 aromatic carbocycles. The van der Waals surface area contributed by atoms with E-state index in [1.54, 1.807) is 6.07 Å². The molecule has 1 aromatic rings. The number of nitrogens with zero attached hydrogens (tertiary/aromatic N) is 1. The van der Waals surface area contributed by atoms with Crippen molar-refractivity contribution in [1.82, 2.24) is 0 Å². The third-order valence-electron chi connectivity index (χ3n) is 1.45. The average molecular weight is 227 g/mol. The van der Waals surface area contributed by atoms with Crippen molar-refractivity contribution in [1.29, 1.82) is 5.26 Å². The minimum Gasteiger partial charge on any atom is -0.508 e. The van der Waals surface area contributed by atoms with Gasteiger partial charge in [0, 0.05) is 10.0 Å². The van der Waals surface area contributed by atoms with E-state index in [1.165, 1.54) is 12.1 Å². The Morgan fingerprint density at radius 2 is 2.25 bits per heavy atom. The smallest absolute Gasteiger partial charge is 0.120 e. The third kappa shape index (κ3) is 1.76. The van der Waals surface area contributed by atoms with Crippen LogP contribution in [0.2, 0.25) is 0 Å². The molecule has 0 aliphatic heterocycles. The van der Waals surface area contributed by atoms with E-state index in [0.29, 0.717) is 5.56 Å². The van der Waals surface area contributed by atoms with Gasteiger partial charge in [-0.1, -0.05) is 15.9 Å². The number of nitriles is 1. The predicted molar refractivity (Wildman–Crippen MR) is 48.3 cm³/mol. The lowest BCUT2D eigenvalue weighted by Crippen LogP contribution is -2.07. The highest BCUT2D eigenvalue weighted by molar-refractivity contribution is 9.10. The van der Waals surface area contributed by atoms with E-state index in [-0.39, 0.29) is 5.75 Å². The van der Waals surface area contributed by atoms with E-state index >= 15 is 0 Å². The third-order valence-corrected chi connectivity index (χ3v) is 2.18. The number of benzene rings is 1. The van der Waals surface area contributed by atoms with Crippen molar-refractivity contribution in [2.24, 2.45) is 5.73 Å². The highest BCUT2D eigenvalue weighted by atomic mass is 79.9. The summed E-state index contributed by atoms with van der Waals surface area (Å²) >= 11 is 3.23. The molecule has 3 nitrogen and oxygen atoms in total. The standard InChI is InChI=1S/C8H7BrN2O/c9-7-2-1-5(12)3-6(7)8(11)4-10/h1-3,8,12H,11H2/t8-/m0/s1. The van der Waals surface area contributed by atoms with Gasteiger partial charge >= 0.3 is 0 Å². The quantitative estimate of drug-likeness (QED) is 0.766. The van der Waals surface area contributed by atoms with Crippen molar-refractivity contribution < 1.29 is 5.11 Å². The average Bonchev–Trinajstić information content (AvgIpc) is 2.08. The van der Waals surface area contributed by atoms with Gasteiger partial charge in [-0.05, 0) is 18.2 Å². The Balaban J connectivity index is 3.15. The maximum atomic E-state index is 9.10. The number of aromatic hydroxyl groups is 1. The zero-order chi connectivity index (χ0) is 9.14. The van der Waals surface area contributed by atoms with Gasteiger partial charge < -0.3 is 10.8 Å². The van der Waals surface area contributed by atoms with Gasteiger partial charge in [-0.3, -0.25) is 0 Å². The summed E-state index contributed by atoms with van der Waals surface area (Å²) in [5.41, 5.74) is 6.06. The minimum atomic E-state index is -0.702. The fraction of sp³-hybridized carbons (Fsp3) is 0.125. The lowest BCUT2D eigenvalue weighted by Gasteiger charge is -2.05. The molecule has 0 spiro atoms. The fourth-order valence-corrected chi connectivity index (χ4v) is 1.33. The van der Waals surface area contributed by atoms with Crippen LogP contribution >= 0.6 is 15.9 Å².